The summed E-state index contributed by atoms with van der Waals surface area (Å²) in [6.45, 7) is 6.66. The summed E-state index contributed by atoms with van der Waals surface area (Å²) in [5, 5.41) is 9.44. The molecule has 130 valence electrons. The number of hydrogen-bond donors (Lipinski definition) is 1. The number of thiophene rings is 1. The van der Waals surface area contributed by atoms with E-state index in [1.54, 1.807) is 11.3 Å². The van der Waals surface area contributed by atoms with Gasteiger partial charge in [-0.1, -0.05) is 6.07 Å². The molecule has 2 atom stereocenters. The van der Waals surface area contributed by atoms with E-state index in [-0.39, 0.29) is 18.2 Å². The highest BCUT2D eigenvalue weighted by Crippen LogP contribution is 2.22. The maximum atomic E-state index is 12.5. The predicted octanol–water partition coefficient (Wildman–Crippen LogP) is 2.68. The molecular weight excluding hydrogens is 324 g/mol. The second kappa shape index (κ2) is 7.81. The highest BCUT2D eigenvalue weighted by atomic mass is 32.1. The first kappa shape index (κ1) is 17.0. The number of rotatable bonds is 5. The van der Waals surface area contributed by atoms with Crippen molar-refractivity contribution in [3.8, 4) is 0 Å². The van der Waals surface area contributed by atoms with Crippen molar-refractivity contribution in [1.29, 1.82) is 0 Å². The topological polar surface area (TPSA) is 59.4 Å². The van der Waals surface area contributed by atoms with E-state index in [2.05, 4.69) is 21.9 Å². The van der Waals surface area contributed by atoms with Crippen LogP contribution in [0.2, 0.25) is 0 Å². The van der Waals surface area contributed by atoms with Gasteiger partial charge in [0.15, 0.2) is 0 Å². The molecule has 1 fully saturated rings. The molecule has 1 saturated heterocycles. The number of amides is 2. The first-order valence-electron chi connectivity index (χ1n) is 8.37. The van der Waals surface area contributed by atoms with Crippen LogP contribution in [0, 0.1) is 0 Å². The highest BCUT2D eigenvalue weighted by Gasteiger charge is 2.27. The Kier molecular flexibility index (Phi) is 5.52. The van der Waals surface area contributed by atoms with E-state index >= 15 is 0 Å². The molecule has 0 saturated carbocycles. The van der Waals surface area contributed by atoms with Gasteiger partial charge in [0.25, 0.3) is 0 Å². The van der Waals surface area contributed by atoms with Crippen LogP contribution in [0.15, 0.2) is 29.9 Å². The third kappa shape index (κ3) is 4.15. The first-order valence-corrected chi connectivity index (χ1v) is 9.25. The Morgan fingerprint density at radius 1 is 1.58 bits per heavy atom. The fourth-order valence-electron chi connectivity index (χ4n) is 2.84. The van der Waals surface area contributed by atoms with Crippen LogP contribution in [-0.2, 0) is 17.7 Å². The Labute approximate surface area is 146 Å². The van der Waals surface area contributed by atoms with E-state index in [1.807, 2.05) is 41.9 Å². The lowest BCUT2D eigenvalue weighted by molar-refractivity contribution is -0.0157. The second-order valence-corrected chi connectivity index (χ2v) is 7.10. The molecule has 6 nitrogen and oxygen atoms in total. The molecule has 7 heteroatoms. The Morgan fingerprint density at radius 2 is 2.46 bits per heavy atom. The van der Waals surface area contributed by atoms with Gasteiger partial charge in [0.05, 0.1) is 19.3 Å². The molecule has 0 aromatic carbocycles. The van der Waals surface area contributed by atoms with Crippen molar-refractivity contribution in [3.63, 3.8) is 0 Å². The van der Waals surface area contributed by atoms with E-state index in [0.717, 1.165) is 18.5 Å². The molecule has 3 heterocycles. The molecule has 3 rings (SSSR count). The fourth-order valence-corrected chi connectivity index (χ4v) is 3.67. The average molecular weight is 348 g/mol. The Morgan fingerprint density at radius 3 is 3.17 bits per heavy atom. The van der Waals surface area contributed by atoms with E-state index in [9.17, 15) is 4.79 Å². The fraction of sp³-hybridized carbons (Fsp3) is 0.529. The lowest BCUT2D eigenvalue weighted by Crippen LogP contribution is -2.49. The number of nitrogens with zero attached hydrogens (tertiary/aromatic N) is 3. The lowest BCUT2D eigenvalue weighted by Gasteiger charge is -2.33. The molecular formula is C17H24N4O2S. The van der Waals surface area contributed by atoms with Gasteiger partial charge in [-0.3, -0.25) is 4.68 Å². The minimum absolute atomic E-state index is 0.0183. The Balaban J connectivity index is 1.54. The zero-order valence-corrected chi connectivity index (χ0v) is 15.0. The molecule has 0 spiro atoms. The van der Waals surface area contributed by atoms with Crippen LogP contribution in [0.4, 0.5) is 4.79 Å². The molecule has 0 unspecified atom stereocenters. The predicted molar refractivity (Wildman–Crippen MR) is 94.2 cm³/mol. The number of hydrogen-bond acceptors (Lipinski definition) is 4. The van der Waals surface area contributed by atoms with Crippen molar-refractivity contribution < 1.29 is 9.53 Å². The van der Waals surface area contributed by atoms with Gasteiger partial charge in [0, 0.05) is 42.2 Å². The third-order valence-electron chi connectivity index (χ3n) is 4.16. The molecule has 1 N–H and O–H groups in total. The van der Waals surface area contributed by atoms with Gasteiger partial charge < -0.3 is 15.0 Å². The maximum absolute atomic E-state index is 12.5. The van der Waals surface area contributed by atoms with Crippen molar-refractivity contribution in [2.45, 2.75) is 39.0 Å². The number of urea groups is 1. The van der Waals surface area contributed by atoms with Gasteiger partial charge in [-0.05, 0) is 25.3 Å². The van der Waals surface area contributed by atoms with Crippen LogP contribution in [0.25, 0.3) is 0 Å². The summed E-state index contributed by atoms with van der Waals surface area (Å²) in [6, 6.07) is 4.23. The van der Waals surface area contributed by atoms with E-state index in [4.69, 9.17) is 4.74 Å². The van der Waals surface area contributed by atoms with E-state index < -0.39 is 0 Å². The number of ether oxygens (including phenoxy) is 1. The Hall–Kier alpha value is -1.86. The van der Waals surface area contributed by atoms with Crippen molar-refractivity contribution in [2.75, 3.05) is 19.7 Å². The quantitative estimate of drug-likeness (QED) is 0.904. The van der Waals surface area contributed by atoms with Gasteiger partial charge in [-0.2, -0.15) is 5.10 Å². The SMILES string of the molecule is CCn1cc([C@@H]2CN(C(=O)N[C@H](C)Cc3cccs3)CCO2)cn1. The highest BCUT2D eigenvalue weighted by molar-refractivity contribution is 7.09. The van der Waals surface area contributed by atoms with Crippen molar-refractivity contribution in [2.24, 2.45) is 0 Å². The maximum Gasteiger partial charge on any atom is 0.317 e. The van der Waals surface area contributed by atoms with Gasteiger partial charge in [0.2, 0.25) is 0 Å². The minimum atomic E-state index is -0.0996. The van der Waals surface area contributed by atoms with Gasteiger partial charge in [0.1, 0.15) is 6.10 Å². The molecule has 2 aromatic rings. The molecule has 24 heavy (non-hydrogen) atoms. The van der Waals surface area contributed by atoms with Crippen LogP contribution in [0.1, 0.15) is 30.4 Å². The third-order valence-corrected chi connectivity index (χ3v) is 5.06. The minimum Gasteiger partial charge on any atom is -0.370 e. The Bertz CT molecular complexity index is 655. The van der Waals surface area contributed by atoms with Crippen LogP contribution >= 0.6 is 11.3 Å². The number of morpholine rings is 1. The number of aryl methyl sites for hydroxylation is 1. The van der Waals surface area contributed by atoms with Crippen molar-refractivity contribution in [1.82, 2.24) is 20.0 Å². The van der Waals surface area contributed by atoms with Gasteiger partial charge >= 0.3 is 6.03 Å². The molecule has 1 aliphatic rings. The monoisotopic (exact) mass is 348 g/mol. The zero-order valence-electron chi connectivity index (χ0n) is 14.1. The van der Waals surface area contributed by atoms with E-state index in [0.29, 0.717) is 19.7 Å². The summed E-state index contributed by atoms with van der Waals surface area (Å²) in [4.78, 5) is 15.6. The standard InChI is InChI=1S/C17H24N4O2S/c1-3-21-11-14(10-18-21)16-12-20(6-7-23-16)17(22)19-13(2)9-15-5-4-8-24-15/h4-5,8,10-11,13,16H,3,6-7,9,12H2,1-2H3,(H,19,22)/t13-,16+/m1/s1. The summed E-state index contributed by atoms with van der Waals surface area (Å²) in [5.41, 5.74) is 1.03. The van der Waals surface area contributed by atoms with Crippen molar-refractivity contribution >= 4 is 17.4 Å². The molecule has 1 aliphatic heterocycles. The van der Waals surface area contributed by atoms with Gasteiger partial charge in [-0.25, -0.2) is 4.79 Å². The van der Waals surface area contributed by atoms with Crippen LogP contribution < -0.4 is 5.32 Å². The summed E-state index contributed by atoms with van der Waals surface area (Å²) in [5.74, 6) is 0. The molecule has 0 bridgehead atoms. The normalized spacial score (nSPS) is 19.2. The molecule has 0 radical (unpaired) electrons. The number of aromatic nitrogens is 2. The first-order chi connectivity index (χ1) is 11.7. The average Bonchev–Trinajstić information content (AvgIpc) is 3.26. The smallest absolute Gasteiger partial charge is 0.317 e. The van der Waals surface area contributed by atoms with Crippen molar-refractivity contribution in [3.05, 3.63) is 40.3 Å². The molecule has 2 aromatic heterocycles. The largest absolute Gasteiger partial charge is 0.370 e. The molecule has 2 amide bonds. The van der Waals surface area contributed by atoms with Crippen LogP contribution in [0.3, 0.4) is 0 Å². The summed E-state index contributed by atoms with van der Waals surface area (Å²) in [6.07, 6.45) is 4.58. The summed E-state index contributed by atoms with van der Waals surface area (Å²) in [7, 11) is 0. The van der Waals surface area contributed by atoms with Crippen LogP contribution in [0.5, 0.6) is 0 Å². The van der Waals surface area contributed by atoms with Gasteiger partial charge in [-0.15, -0.1) is 11.3 Å². The summed E-state index contributed by atoms with van der Waals surface area (Å²) >= 11 is 1.72. The summed E-state index contributed by atoms with van der Waals surface area (Å²) < 4.78 is 7.69. The molecule has 0 aliphatic carbocycles. The second-order valence-electron chi connectivity index (χ2n) is 6.07. The lowest BCUT2D eigenvalue weighted by atomic mass is 10.1. The number of carbonyl (C=O) groups excluding carboxylic acids is 1. The zero-order chi connectivity index (χ0) is 16.9. The number of carbonyl (C=O) groups is 1. The van der Waals surface area contributed by atoms with E-state index in [1.165, 1.54) is 4.88 Å². The number of nitrogens with one attached hydrogen (secondary N) is 1. The van der Waals surface area contributed by atoms with Crippen LogP contribution in [-0.4, -0.2) is 46.4 Å².